The van der Waals surface area contributed by atoms with Crippen LogP contribution < -0.4 is 5.73 Å². The number of rotatable bonds is 3. The zero-order valence-electron chi connectivity index (χ0n) is 10.0. The molecule has 1 unspecified atom stereocenters. The van der Waals surface area contributed by atoms with Crippen molar-refractivity contribution in [1.29, 1.82) is 0 Å². The first-order valence-electron chi connectivity index (χ1n) is 5.03. The second-order valence-corrected chi connectivity index (χ2v) is 2.57. The van der Waals surface area contributed by atoms with Crippen LogP contribution in [0.5, 0.6) is 0 Å². The standard InChI is InChI=1S/C6H16N2.2C2H6/c1-6(7)4-5-8(2)3;2*1-2/h6H,4-5,7H2,1-3H3;2*1-2H3. The van der Waals surface area contributed by atoms with E-state index in [1.165, 1.54) is 0 Å². The number of hydrogen-bond donors (Lipinski definition) is 1. The molecule has 0 saturated heterocycles. The first kappa shape index (κ1) is 17.9. The molecule has 0 aliphatic carbocycles. The van der Waals surface area contributed by atoms with Crippen LogP contribution in [-0.4, -0.2) is 31.6 Å². The summed E-state index contributed by atoms with van der Waals surface area (Å²) in [5.74, 6) is 0. The van der Waals surface area contributed by atoms with E-state index in [4.69, 9.17) is 5.73 Å². The SMILES string of the molecule is CC.CC.CC(N)CCN(C)C. The van der Waals surface area contributed by atoms with E-state index >= 15 is 0 Å². The topological polar surface area (TPSA) is 29.3 Å². The molecule has 0 aromatic rings. The Bertz CT molecular complexity index is 43.8. The molecule has 0 aliphatic rings. The fourth-order valence-electron chi connectivity index (χ4n) is 0.462. The third-order valence-corrected chi connectivity index (χ3v) is 1.03. The summed E-state index contributed by atoms with van der Waals surface area (Å²) in [7, 11) is 4.12. The lowest BCUT2D eigenvalue weighted by molar-refractivity contribution is 0.386. The van der Waals surface area contributed by atoms with Gasteiger partial charge in [-0.25, -0.2) is 0 Å². The van der Waals surface area contributed by atoms with Crippen LogP contribution in [0.2, 0.25) is 0 Å². The second-order valence-electron chi connectivity index (χ2n) is 2.57. The Hall–Kier alpha value is -0.0800. The van der Waals surface area contributed by atoms with Gasteiger partial charge in [-0.3, -0.25) is 0 Å². The van der Waals surface area contributed by atoms with Crippen LogP contribution in [0.4, 0.5) is 0 Å². The quantitative estimate of drug-likeness (QED) is 0.715. The van der Waals surface area contributed by atoms with Gasteiger partial charge in [0.05, 0.1) is 0 Å². The molecule has 0 rings (SSSR count). The van der Waals surface area contributed by atoms with Crippen LogP contribution in [0.3, 0.4) is 0 Å². The molecule has 1 atom stereocenters. The van der Waals surface area contributed by atoms with Gasteiger partial charge in [0.15, 0.2) is 0 Å². The van der Waals surface area contributed by atoms with Crippen molar-refractivity contribution < 1.29 is 0 Å². The molecule has 2 heteroatoms. The maximum atomic E-state index is 5.51. The predicted molar refractivity (Wildman–Crippen MR) is 59.5 cm³/mol. The summed E-state index contributed by atoms with van der Waals surface area (Å²) in [5, 5.41) is 0. The minimum absolute atomic E-state index is 0.345. The average molecular weight is 176 g/mol. The van der Waals surface area contributed by atoms with E-state index in [-0.39, 0.29) is 0 Å². The lowest BCUT2D eigenvalue weighted by atomic mass is 10.2. The number of nitrogens with zero attached hydrogens (tertiary/aromatic N) is 1. The monoisotopic (exact) mass is 176 g/mol. The molecule has 0 fully saturated rings. The van der Waals surface area contributed by atoms with Gasteiger partial charge in [-0.1, -0.05) is 27.7 Å². The molecule has 78 valence electrons. The number of hydrogen-bond acceptors (Lipinski definition) is 2. The molecule has 0 spiro atoms. The fraction of sp³-hybridized carbons (Fsp3) is 1.00. The highest BCUT2D eigenvalue weighted by molar-refractivity contribution is 4.54. The van der Waals surface area contributed by atoms with Crippen molar-refractivity contribution in [2.45, 2.75) is 47.1 Å². The van der Waals surface area contributed by atoms with Crippen LogP contribution in [0.25, 0.3) is 0 Å². The summed E-state index contributed by atoms with van der Waals surface area (Å²) < 4.78 is 0. The van der Waals surface area contributed by atoms with Crippen molar-refractivity contribution in [3.8, 4) is 0 Å². The lowest BCUT2D eigenvalue weighted by Gasteiger charge is -2.10. The molecular weight excluding hydrogens is 148 g/mol. The van der Waals surface area contributed by atoms with Gasteiger partial charge in [-0.2, -0.15) is 0 Å². The fourth-order valence-corrected chi connectivity index (χ4v) is 0.462. The van der Waals surface area contributed by atoms with E-state index in [1.54, 1.807) is 0 Å². The van der Waals surface area contributed by atoms with Crippen molar-refractivity contribution in [3.63, 3.8) is 0 Å². The van der Waals surface area contributed by atoms with Crippen LogP contribution in [0.15, 0.2) is 0 Å². The van der Waals surface area contributed by atoms with Crippen molar-refractivity contribution in [2.24, 2.45) is 5.73 Å². The Labute approximate surface area is 79.1 Å². The summed E-state index contributed by atoms with van der Waals surface area (Å²) >= 11 is 0. The van der Waals surface area contributed by atoms with Gasteiger partial charge in [-0.05, 0) is 34.0 Å². The number of nitrogens with two attached hydrogens (primary N) is 1. The normalized spacial score (nSPS) is 10.8. The molecule has 12 heavy (non-hydrogen) atoms. The molecule has 2 nitrogen and oxygen atoms in total. The van der Waals surface area contributed by atoms with Gasteiger partial charge in [0.1, 0.15) is 0 Å². The molecule has 0 aromatic carbocycles. The van der Waals surface area contributed by atoms with E-state index in [0.717, 1.165) is 13.0 Å². The van der Waals surface area contributed by atoms with Gasteiger partial charge in [0, 0.05) is 6.04 Å². The summed E-state index contributed by atoms with van der Waals surface area (Å²) in [4.78, 5) is 2.14. The maximum absolute atomic E-state index is 5.51. The Kier molecular flexibility index (Phi) is 25.5. The molecule has 0 bridgehead atoms. The summed E-state index contributed by atoms with van der Waals surface area (Å²) in [6, 6.07) is 0.345. The van der Waals surface area contributed by atoms with Crippen LogP contribution in [-0.2, 0) is 0 Å². The predicted octanol–water partition coefficient (Wildman–Crippen LogP) is 2.34. The van der Waals surface area contributed by atoms with Gasteiger partial charge in [-0.15, -0.1) is 0 Å². The molecule has 0 heterocycles. The van der Waals surface area contributed by atoms with Gasteiger partial charge < -0.3 is 10.6 Å². The highest BCUT2D eigenvalue weighted by Crippen LogP contribution is 1.86. The largest absolute Gasteiger partial charge is 0.328 e. The molecule has 0 amide bonds. The Morgan fingerprint density at radius 3 is 1.50 bits per heavy atom. The van der Waals surface area contributed by atoms with Gasteiger partial charge in [0.25, 0.3) is 0 Å². The molecule has 0 radical (unpaired) electrons. The zero-order valence-corrected chi connectivity index (χ0v) is 10.0. The van der Waals surface area contributed by atoms with Crippen molar-refractivity contribution in [2.75, 3.05) is 20.6 Å². The highest BCUT2D eigenvalue weighted by atomic mass is 15.0. The van der Waals surface area contributed by atoms with E-state index in [2.05, 4.69) is 19.0 Å². The van der Waals surface area contributed by atoms with E-state index < -0.39 is 0 Å². The average Bonchev–Trinajstić information content (AvgIpc) is 2.08. The summed E-state index contributed by atoms with van der Waals surface area (Å²) in [6.07, 6.45) is 1.09. The zero-order chi connectivity index (χ0) is 10.6. The van der Waals surface area contributed by atoms with Crippen LogP contribution in [0.1, 0.15) is 41.0 Å². The minimum Gasteiger partial charge on any atom is -0.328 e. The van der Waals surface area contributed by atoms with Crippen LogP contribution in [0, 0.1) is 0 Å². The Morgan fingerprint density at radius 1 is 1.08 bits per heavy atom. The minimum atomic E-state index is 0.345. The molecule has 0 aromatic heterocycles. The Morgan fingerprint density at radius 2 is 1.42 bits per heavy atom. The third-order valence-electron chi connectivity index (χ3n) is 1.03. The maximum Gasteiger partial charge on any atom is 0.00226 e. The van der Waals surface area contributed by atoms with E-state index in [9.17, 15) is 0 Å². The summed E-state index contributed by atoms with van der Waals surface area (Å²) in [5.41, 5.74) is 5.51. The Balaban J connectivity index is -0.000000175. The molecule has 0 saturated carbocycles. The van der Waals surface area contributed by atoms with Gasteiger partial charge >= 0.3 is 0 Å². The third kappa shape index (κ3) is 32.6. The molecule has 2 N–H and O–H groups in total. The van der Waals surface area contributed by atoms with Crippen molar-refractivity contribution in [1.82, 2.24) is 4.90 Å². The first-order valence-corrected chi connectivity index (χ1v) is 5.03. The smallest absolute Gasteiger partial charge is 0.00226 e. The van der Waals surface area contributed by atoms with Crippen LogP contribution >= 0.6 is 0 Å². The van der Waals surface area contributed by atoms with Gasteiger partial charge in [0.2, 0.25) is 0 Å². The van der Waals surface area contributed by atoms with E-state index in [0.29, 0.717) is 6.04 Å². The van der Waals surface area contributed by atoms with Crippen molar-refractivity contribution >= 4 is 0 Å². The first-order chi connectivity index (χ1) is 5.63. The molecule has 0 aliphatic heterocycles. The second kappa shape index (κ2) is 17.1. The van der Waals surface area contributed by atoms with Crippen molar-refractivity contribution in [3.05, 3.63) is 0 Å². The summed E-state index contributed by atoms with van der Waals surface area (Å²) in [6.45, 7) is 11.1. The highest BCUT2D eigenvalue weighted by Gasteiger charge is 1.93. The lowest BCUT2D eigenvalue weighted by Crippen LogP contribution is -2.22. The van der Waals surface area contributed by atoms with E-state index in [1.807, 2.05) is 34.6 Å². The molecular formula is C10H28N2.